The van der Waals surface area contributed by atoms with Gasteiger partial charge in [0, 0.05) is 24.6 Å². The number of carbonyl (C=O) groups excluding carboxylic acids is 1. The van der Waals surface area contributed by atoms with E-state index in [0.717, 1.165) is 42.6 Å². The quantitative estimate of drug-likeness (QED) is 0.341. The van der Waals surface area contributed by atoms with Crippen LogP contribution in [-0.4, -0.2) is 29.2 Å². The highest BCUT2D eigenvalue weighted by molar-refractivity contribution is 5.86. The first-order valence-electron chi connectivity index (χ1n) is 8.93. The highest BCUT2D eigenvalue weighted by Crippen LogP contribution is 2.14. The Balaban J connectivity index is 1.54. The fourth-order valence-electron chi connectivity index (χ4n) is 2.31. The Kier molecular flexibility index (Phi) is 8.49. The van der Waals surface area contributed by atoms with Crippen molar-refractivity contribution >= 4 is 5.97 Å². The maximum absolute atomic E-state index is 11.2. The van der Waals surface area contributed by atoms with Gasteiger partial charge in [-0.3, -0.25) is 9.97 Å². The summed E-state index contributed by atoms with van der Waals surface area (Å²) in [7, 11) is 0. The first-order chi connectivity index (χ1) is 12.7. The van der Waals surface area contributed by atoms with Gasteiger partial charge in [-0.15, -0.1) is 0 Å². The van der Waals surface area contributed by atoms with Crippen molar-refractivity contribution in [1.29, 1.82) is 0 Å². The molecule has 0 aliphatic rings. The van der Waals surface area contributed by atoms with Crippen LogP contribution in [-0.2, 0) is 20.9 Å². The van der Waals surface area contributed by atoms with Gasteiger partial charge in [0.1, 0.15) is 0 Å². The summed E-state index contributed by atoms with van der Waals surface area (Å²) in [6, 6.07) is 9.77. The van der Waals surface area contributed by atoms with Crippen LogP contribution in [0.5, 0.6) is 0 Å². The average Bonchev–Trinajstić information content (AvgIpc) is 2.67. The lowest BCUT2D eigenvalue weighted by molar-refractivity contribution is -0.139. The predicted octanol–water partition coefficient (Wildman–Crippen LogP) is 4.34. The van der Waals surface area contributed by atoms with E-state index in [1.165, 1.54) is 0 Å². The van der Waals surface area contributed by atoms with Crippen LogP contribution in [0.2, 0.25) is 0 Å². The standard InChI is InChI=1S/C21H26N2O3/c1-17(2)21(24)26-14-8-4-3-7-13-25-16-18-10-11-20(23-15-18)19-9-5-6-12-22-19/h5-6,9-12,15H,1,3-4,7-8,13-14,16H2,2H3. The van der Waals surface area contributed by atoms with Gasteiger partial charge in [0.2, 0.25) is 0 Å². The van der Waals surface area contributed by atoms with E-state index in [-0.39, 0.29) is 5.97 Å². The first kappa shape index (κ1) is 19.8. The molecule has 0 aliphatic heterocycles. The van der Waals surface area contributed by atoms with Crippen LogP contribution in [0.15, 0.2) is 54.9 Å². The Morgan fingerprint density at radius 2 is 1.77 bits per heavy atom. The molecule has 0 N–H and O–H groups in total. The molecular weight excluding hydrogens is 328 g/mol. The molecule has 0 amide bonds. The van der Waals surface area contributed by atoms with Gasteiger partial charge >= 0.3 is 5.97 Å². The van der Waals surface area contributed by atoms with Crippen LogP contribution in [0.1, 0.15) is 38.2 Å². The Morgan fingerprint density at radius 1 is 1.00 bits per heavy atom. The van der Waals surface area contributed by atoms with E-state index in [1.807, 2.05) is 36.5 Å². The molecule has 2 aromatic heterocycles. The molecule has 0 spiro atoms. The minimum atomic E-state index is -0.309. The molecule has 0 bridgehead atoms. The number of hydrogen-bond donors (Lipinski definition) is 0. The molecule has 2 aromatic rings. The lowest BCUT2D eigenvalue weighted by atomic mass is 10.2. The average molecular weight is 354 g/mol. The van der Waals surface area contributed by atoms with Gasteiger partial charge < -0.3 is 9.47 Å². The number of aromatic nitrogens is 2. The normalized spacial score (nSPS) is 10.5. The zero-order valence-corrected chi connectivity index (χ0v) is 15.3. The topological polar surface area (TPSA) is 61.3 Å². The third kappa shape index (κ3) is 7.15. The number of carbonyl (C=O) groups is 1. The summed E-state index contributed by atoms with van der Waals surface area (Å²) in [4.78, 5) is 19.9. The van der Waals surface area contributed by atoms with E-state index in [9.17, 15) is 4.79 Å². The number of rotatable bonds is 11. The largest absolute Gasteiger partial charge is 0.462 e. The minimum absolute atomic E-state index is 0.309. The van der Waals surface area contributed by atoms with Crippen molar-refractivity contribution < 1.29 is 14.3 Å². The van der Waals surface area contributed by atoms with Crippen molar-refractivity contribution in [2.45, 2.75) is 39.2 Å². The van der Waals surface area contributed by atoms with E-state index in [1.54, 1.807) is 13.1 Å². The molecule has 138 valence electrons. The molecule has 0 unspecified atom stereocenters. The van der Waals surface area contributed by atoms with E-state index in [2.05, 4.69) is 16.5 Å². The van der Waals surface area contributed by atoms with Crippen LogP contribution in [0.25, 0.3) is 11.4 Å². The van der Waals surface area contributed by atoms with Crippen LogP contribution in [0.3, 0.4) is 0 Å². The monoisotopic (exact) mass is 354 g/mol. The molecule has 0 aromatic carbocycles. The summed E-state index contributed by atoms with van der Waals surface area (Å²) in [5.74, 6) is -0.309. The Bertz CT molecular complexity index is 684. The number of esters is 1. The van der Waals surface area contributed by atoms with Crippen molar-refractivity contribution in [3.05, 3.63) is 60.4 Å². The molecule has 5 heteroatoms. The fourth-order valence-corrected chi connectivity index (χ4v) is 2.31. The summed E-state index contributed by atoms with van der Waals surface area (Å²) in [5, 5.41) is 0. The summed E-state index contributed by atoms with van der Waals surface area (Å²) >= 11 is 0. The molecule has 0 radical (unpaired) electrons. The van der Waals surface area contributed by atoms with E-state index in [0.29, 0.717) is 25.4 Å². The summed E-state index contributed by atoms with van der Waals surface area (Å²) < 4.78 is 10.7. The van der Waals surface area contributed by atoms with Crippen LogP contribution >= 0.6 is 0 Å². The molecule has 0 saturated heterocycles. The fraction of sp³-hybridized carbons (Fsp3) is 0.381. The molecule has 2 rings (SSSR count). The minimum Gasteiger partial charge on any atom is -0.462 e. The molecule has 0 fully saturated rings. The Morgan fingerprint density at radius 3 is 2.42 bits per heavy atom. The van der Waals surface area contributed by atoms with Crippen molar-refractivity contribution in [3.63, 3.8) is 0 Å². The zero-order valence-electron chi connectivity index (χ0n) is 15.3. The van der Waals surface area contributed by atoms with Crippen LogP contribution in [0, 0.1) is 0 Å². The zero-order chi connectivity index (χ0) is 18.6. The highest BCUT2D eigenvalue weighted by atomic mass is 16.5. The number of nitrogens with zero attached hydrogens (tertiary/aromatic N) is 2. The van der Waals surface area contributed by atoms with Gasteiger partial charge in [0.05, 0.1) is 24.6 Å². The summed E-state index contributed by atoms with van der Waals surface area (Å²) in [6.07, 6.45) is 7.54. The SMILES string of the molecule is C=C(C)C(=O)OCCCCCCOCc1ccc(-c2ccccn2)nc1. The van der Waals surface area contributed by atoms with Gasteiger partial charge in [-0.05, 0) is 49.9 Å². The van der Waals surface area contributed by atoms with Gasteiger partial charge in [-0.1, -0.05) is 25.1 Å². The molecule has 0 aliphatic carbocycles. The van der Waals surface area contributed by atoms with Crippen molar-refractivity contribution in [3.8, 4) is 11.4 Å². The lowest BCUT2D eigenvalue weighted by Crippen LogP contribution is -2.06. The van der Waals surface area contributed by atoms with Crippen LogP contribution in [0.4, 0.5) is 0 Å². The Hall–Kier alpha value is -2.53. The van der Waals surface area contributed by atoms with Crippen molar-refractivity contribution in [1.82, 2.24) is 9.97 Å². The van der Waals surface area contributed by atoms with Crippen molar-refractivity contribution in [2.24, 2.45) is 0 Å². The third-order valence-corrected chi connectivity index (χ3v) is 3.79. The number of pyridine rings is 2. The summed E-state index contributed by atoms with van der Waals surface area (Å²) in [6.45, 7) is 6.94. The van der Waals surface area contributed by atoms with E-state index < -0.39 is 0 Å². The molecule has 0 atom stereocenters. The second-order valence-electron chi connectivity index (χ2n) is 6.15. The lowest BCUT2D eigenvalue weighted by Gasteiger charge is -2.06. The molecule has 26 heavy (non-hydrogen) atoms. The summed E-state index contributed by atoms with van der Waals surface area (Å²) in [5.41, 5.74) is 3.23. The number of ether oxygens (including phenoxy) is 2. The molecular formula is C21H26N2O3. The van der Waals surface area contributed by atoms with Gasteiger partial charge in [-0.2, -0.15) is 0 Å². The van der Waals surface area contributed by atoms with E-state index >= 15 is 0 Å². The number of unbranched alkanes of at least 4 members (excludes halogenated alkanes) is 3. The maximum atomic E-state index is 11.2. The highest BCUT2D eigenvalue weighted by Gasteiger charge is 2.02. The Labute approximate surface area is 155 Å². The van der Waals surface area contributed by atoms with Gasteiger partial charge in [0.15, 0.2) is 0 Å². The number of hydrogen-bond acceptors (Lipinski definition) is 5. The first-order valence-corrected chi connectivity index (χ1v) is 8.93. The van der Waals surface area contributed by atoms with Gasteiger partial charge in [-0.25, -0.2) is 4.79 Å². The van der Waals surface area contributed by atoms with Crippen LogP contribution < -0.4 is 0 Å². The van der Waals surface area contributed by atoms with Crippen molar-refractivity contribution in [2.75, 3.05) is 13.2 Å². The molecule has 5 nitrogen and oxygen atoms in total. The second kappa shape index (κ2) is 11.2. The molecule has 2 heterocycles. The smallest absolute Gasteiger partial charge is 0.333 e. The van der Waals surface area contributed by atoms with E-state index in [4.69, 9.17) is 9.47 Å². The maximum Gasteiger partial charge on any atom is 0.333 e. The second-order valence-corrected chi connectivity index (χ2v) is 6.15. The van der Waals surface area contributed by atoms with Gasteiger partial charge in [0.25, 0.3) is 0 Å². The third-order valence-electron chi connectivity index (χ3n) is 3.79. The predicted molar refractivity (Wildman–Crippen MR) is 101 cm³/mol. The molecule has 0 saturated carbocycles.